The lowest BCUT2D eigenvalue weighted by molar-refractivity contribution is 0.187. The van der Waals surface area contributed by atoms with Crippen LogP contribution in [0.15, 0.2) is 17.2 Å². The molecule has 0 aliphatic carbocycles. The lowest BCUT2D eigenvalue weighted by Gasteiger charge is -2.36. The van der Waals surface area contributed by atoms with Gasteiger partial charge in [0.25, 0.3) is 0 Å². The molecule has 1 aromatic rings. The first-order chi connectivity index (χ1) is 8.85. The molecule has 0 unspecified atom stereocenters. The molecule has 0 bridgehead atoms. The number of aromatic nitrogens is 1. The summed E-state index contributed by atoms with van der Waals surface area (Å²) >= 11 is 0. The average molecular weight is 285 g/mol. The van der Waals surface area contributed by atoms with Crippen LogP contribution < -0.4 is 5.32 Å². The third-order valence-electron chi connectivity index (χ3n) is 3.59. The lowest BCUT2D eigenvalue weighted by Crippen LogP contribution is -2.43. The van der Waals surface area contributed by atoms with Crippen LogP contribution in [0.3, 0.4) is 0 Å². The van der Waals surface area contributed by atoms with Crippen LogP contribution in [0.1, 0.15) is 32.4 Å². The lowest BCUT2D eigenvalue weighted by atomic mass is 9.85. The smallest absolute Gasteiger partial charge is 0.244 e. The van der Waals surface area contributed by atoms with E-state index >= 15 is 0 Å². The summed E-state index contributed by atoms with van der Waals surface area (Å²) in [5, 5.41) is 3.00. The topological polar surface area (TPSA) is 65.2 Å². The zero-order chi connectivity index (χ0) is 14.1. The molecular formula is C13H23N3O2S. The predicted octanol–water partition coefficient (Wildman–Crippen LogP) is 1.54. The van der Waals surface area contributed by atoms with Gasteiger partial charge in [-0.3, -0.25) is 0 Å². The molecule has 5 nitrogen and oxygen atoms in total. The Hall–Kier alpha value is -0.850. The minimum Gasteiger partial charge on any atom is -0.363 e. The van der Waals surface area contributed by atoms with E-state index in [1.807, 2.05) is 7.05 Å². The largest absolute Gasteiger partial charge is 0.363 e. The maximum Gasteiger partial charge on any atom is 0.244 e. The van der Waals surface area contributed by atoms with Crippen LogP contribution in [0.5, 0.6) is 0 Å². The zero-order valence-corrected chi connectivity index (χ0v) is 12.7. The number of rotatable bonds is 4. The molecule has 0 saturated carbocycles. The van der Waals surface area contributed by atoms with Crippen LogP contribution in [0, 0.1) is 5.41 Å². The number of nitrogens with zero attached hydrogens (tertiary/aromatic N) is 1. The van der Waals surface area contributed by atoms with Crippen LogP contribution in [-0.4, -0.2) is 37.8 Å². The molecule has 108 valence electrons. The minimum atomic E-state index is -3.36. The highest BCUT2D eigenvalue weighted by molar-refractivity contribution is 7.89. The van der Waals surface area contributed by atoms with Gasteiger partial charge in [-0.05, 0) is 31.4 Å². The van der Waals surface area contributed by atoms with Crippen LogP contribution in [0.4, 0.5) is 0 Å². The number of piperidine rings is 1. The van der Waals surface area contributed by atoms with Crippen LogP contribution >= 0.6 is 0 Å². The molecule has 1 saturated heterocycles. The van der Waals surface area contributed by atoms with Gasteiger partial charge in [0.05, 0.1) is 4.90 Å². The van der Waals surface area contributed by atoms with Gasteiger partial charge in [-0.15, -0.1) is 0 Å². The molecule has 0 radical (unpaired) electrons. The quantitative estimate of drug-likeness (QED) is 0.882. The Morgan fingerprint density at radius 1 is 1.47 bits per heavy atom. The van der Waals surface area contributed by atoms with Crippen LogP contribution in [-0.2, 0) is 16.6 Å². The number of H-pyrrole nitrogens is 1. The second-order valence-electron chi connectivity index (χ2n) is 6.00. The number of aromatic amines is 1. The Balaban J connectivity index is 2.21. The van der Waals surface area contributed by atoms with Crippen molar-refractivity contribution < 1.29 is 8.42 Å². The normalized spacial score (nSPS) is 20.6. The number of sulfonamides is 1. The Morgan fingerprint density at radius 2 is 2.21 bits per heavy atom. The summed E-state index contributed by atoms with van der Waals surface area (Å²) in [5.41, 5.74) is 0.951. The van der Waals surface area contributed by atoms with Crippen molar-refractivity contribution in [1.82, 2.24) is 14.6 Å². The molecule has 0 aromatic carbocycles. The number of hydrogen-bond acceptors (Lipinski definition) is 3. The maximum absolute atomic E-state index is 12.6. The van der Waals surface area contributed by atoms with Crippen LogP contribution in [0.2, 0.25) is 0 Å². The van der Waals surface area contributed by atoms with E-state index in [4.69, 9.17) is 0 Å². The summed E-state index contributed by atoms with van der Waals surface area (Å²) in [5.74, 6) is 0. The van der Waals surface area contributed by atoms with Crippen molar-refractivity contribution in [2.75, 3.05) is 20.1 Å². The highest BCUT2D eigenvalue weighted by Crippen LogP contribution is 2.31. The molecule has 1 aliphatic heterocycles. The Kier molecular flexibility index (Phi) is 4.03. The molecule has 19 heavy (non-hydrogen) atoms. The van der Waals surface area contributed by atoms with Crippen LogP contribution in [0.25, 0.3) is 0 Å². The molecule has 1 fully saturated rings. The third-order valence-corrected chi connectivity index (χ3v) is 5.41. The van der Waals surface area contributed by atoms with Crippen molar-refractivity contribution in [3.05, 3.63) is 18.0 Å². The summed E-state index contributed by atoms with van der Waals surface area (Å²) in [4.78, 5) is 3.38. The summed E-state index contributed by atoms with van der Waals surface area (Å²) in [7, 11) is -1.52. The molecular weight excluding hydrogens is 262 g/mol. The molecule has 1 aromatic heterocycles. The summed E-state index contributed by atoms with van der Waals surface area (Å²) in [6.45, 7) is 6.11. The molecule has 6 heteroatoms. The van der Waals surface area contributed by atoms with Crippen molar-refractivity contribution in [2.45, 2.75) is 38.1 Å². The first kappa shape index (κ1) is 14.6. The van der Waals surface area contributed by atoms with Gasteiger partial charge in [-0.1, -0.05) is 13.8 Å². The minimum absolute atomic E-state index is 0.0649. The highest BCUT2D eigenvalue weighted by Gasteiger charge is 2.34. The number of nitrogens with one attached hydrogen (secondary N) is 2. The Labute approximate surface area is 115 Å². The Morgan fingerprint density at radius 3 is 2.84 bits per heavy atom. The van der Waals surface area contributed by atoms with Gasteiger partial charge in [0.2, 0.25) is 10.0 Å². The first-order valence-electron chi connectivity index (χ1n) is 6.67. The number of hydrogen-bond donors (Lipinski definition) is 2. The van der Waals surface area contributed by atoms with Gasteiger partial charge in [-0.2, -0.15) is 4.31 Å². The van der Waals surface area contributed by atoms with E-state index in [1.165, 1.54) is 0 Å². The van der Waals surface area contributed by atoms with Gasteiger partial charge in [0, 0.05) is 31.5 Å². The predicted molar refractivity (Wildman–Crippen MR) is 75.3 cm³/mol. The average Bonchev–Trinajstić information content (AvgIpc) is 2.77. The molecule has 0 amide bonds. The van der Waals surface area contributed by atoms with E-state index in [2.05, 4.69) is 24.1 Å². The molecule has 2 N–H and O–H groups in total. The standard InChI is InChI=1S/C13H23N3O2S/c1-13(2)5-4-6-16(10-13)19(17,18)12-7-11(8-14-3)15-9-12/h7,9,14-15H,4-6,8,10H2,1-3H3. The highest BCUT2D eigenvalue weighted by atomic mass is 32.2. The van der Waals surface area contributed by atoms with E-state index in [-0.39, 0.29) is 5.41 Å². The van der Waals surface area contributed by atoms with Crippen molar-refractivity contribution in [2.24, 2.45) is 5.41 Å². The van der Waals surface area contributed by atoms with Gasteiger partial charge >= 0.3 is 0 Å². The van der Waals surface area contributed by atoms with E-state index in [1.54, 1.807) is 16.6 Å². The second-order valence-corrected chi connectivity index (χ2v) is 7.94. The fourth-order valence-corrected chi connectivity index (χ4v) is 4.27. The molecule has 2 rings (SSSR count). The fourth-order valence-electron chi connectivity index (χ4n) is 2.58. The second kappa shape index (κ2) is 5.26. The summed E-state index contributed by atoms with van der Waals surface area (Å²) < 4.78 is 26.8. The maximum atomic E-state index is 12.6. The Bertz CT molecular complexity index is 534. The van der Waals surface area contributed by atoms with Crippen molar-refractivity contribution in [3.63, 3.8) is 0 Å². The fraction of sp³-hybridized carbons (Fsp3) is 0.692. The van der Waals surface area contributed by atoms with E-state index in [0.717, 1.165) is 18.5 Å². The first-order valence-corrected chi connectivity index (χ1v) is 8.11. The molecule has 1 aliphatic rings. The monoisotopic (exact) mass is 285 g/mol. The van der Waals surface area contributed by atoms with E-state index < -0.39 is 10.0 Å². The third kappa shape index (κ3) is 3.19. The molecule has 2 heterocycles. The van der Waals surface area contributed by atoms with Crippen molar-refractivity contribution >= 4 is 10.0 Å². The van der Waals surface area contributed by atoms with Gasteiger partial charge in [-0.25, -0.2) is 8.42 Å². The summed E-state index contributed by atoms with van der Waals surface area (Å²) in [6.07, 6.45) is 3.60. The summed E-state index contributed by atoms with van der Waals surface area (Å²) in [6, 6.07) is 1.72. The zero-order valence-electron chi connectivity index (χ0n) is 11.9. The van der Waals surface area contributed by atoms with Crippen molar-refractivity contribution in [3.8, 4) is 0 Å². The molecule has 0 atom stereocenters. The van der Waals surface area contributed by atoms with E-state index in [9.17, 15) is 8.42 Å². The van der Waals surface area contributed by atoms with Crippen molar-refractivity contribution in [1.29, 1.82) is 0 Å². The SMILES string of the molecule is CNCc1cc(S(=O)(=O)N2CCCC(C)(C)C2)c[nH]1. The van der Waals surface area contributed by atoms with Gasteiger partial charge < -0.3 is 10.3 Å². The van der Waals surface area contributed by atoms with Gasteiger partial charge in [0.1, 0.15) is 0 Å². The van der Waals surface area contributed by atoms with E-state index in [0.29, 0.717) is 24.5 Å². The van der Waals surface area contributed by atoms with Gasteiger partial charge in [0.15, 0.2) is 0 Å². The molecule has 0 spiro atoms.